The van der Waals surface area contributed by atoms with Crippen LogP contribution in [0, 0.1) is 11.8 Å². The van der Waals surface area contributed by atoms with Gasteiger partial charge in [0.15, 0.2) is 0 Å². The second-order valence-corrected chi connectivity index (χ2v) is 7.84. The molecule has 142 valence electrons. The lowest BCUT2D eigenvalue weighted by molar-refractivity contribution is 0.267. The van der Waals surface area contributed by atoms with Crippen molar-refractivity contribution >= 4 is 12.2 Å². The number of benzene rings is 2. The van der Waals surface area contributed by atoms with Crippen LogP contribution in [0.25, 0.3) is 12.2 Å². The molecule has 1 aliphatic carbocycles. The minimum Gasteiger partial charge on any atom is -0.507 e. The van der Waals surface area contributed by atoms with E-state index in [0.29, 0.717) is 22.6 Å². The zero-order valence-electron chi connectivity index (χ0n) is 16.0. The van der Waals surface area contributed by atoms with Crippen molar-refractivity contribution in [3.63, 3.8) is 0 Å². The molecule has 2 aromatic carbocycles. The summed E-state index contributed by atoms with van der Waals surface area (Å²) in [4.78, 5) is 0. The lowest BCUT2D eigenvalue weighted by atomic mass is 9.69. The number of rotatable bonds is 4. The van der Waals surface area contributed by atoms with E-state index in [4.69, 9.17) is 0 Å². The van der Waals surface area contributed by atoms with Gasteiger partial charge in [0.25, 0.3) is 0 Å². The van der Waals surface area contributed by atoms with Crippen molar-refractivity contribution in [1.82, 2.24) is 0 Å². The highest BCUT2D eigenvalue weighted by Crippen LogP contribution is 2.49. The van der Waals surface area contributed by atoms with Crippen LogP contribution in [0.4, 0.5) is 0 Å². The van der Waals surface area contributed by atoms with Crippen LogP contribution in [-0.4, -0.2) is 15.3 Å². The molecule has 0 heterocycles. The van der Waals surface area contributed by atoms with Gasteiger partial charge in [-0.05, 0) is 61.3 Å². The van der Waals surface area contributed by atoms with Crippen molar-refractivity contribution < 1.29 is 15.3 Å². The van der Waals surface area contributed by atoms with Gasteiger partial charge < -0.3 is 15.3 Å². The average molecular weight is 364 g/mol. The molecule has 0 saturated heterocycles. The van der Waals surface area contributed by atoms with Crippen LogP contribution in [0.2, 0.25) is 0 Å². The number of hydrogen-bond acceptors (Lipinski definition) is 3. The van der Waals surface area contributed by atoms with Gasteiger partial charge in [0.1, 0.15) is 17.2 Å². The van der Waals surface area contributed by atoms with Crippen molar-refractivity contribution in [3.05, 3.63) is 65.2 Å². The first-order valence-corrected chi connectivity index (χ1v) is 9.54. The number of phenols is 3. The van der Waals surface area contributed by atoms with E-state index in [1.54, 1.807) is 42.5 Å². The maximum absolute atomic E-state index is 10.7. The molecule has 1 fully saturated rings. The zero-order valence-corrected chi connectivity index (χ0v) is 16.0. The van der Waals surface area contributed by atoms with E-state index in [1.807, 2.05) is 13.0 Å². The Kier molecular flexibility index (Phi) is 5.59. The highest BCUT2D eigenvalue weighted by Gasteiger charge is 2.33. The van der Waals surface area contributed by atoms with E-state index in [-0.39, 0.29) is 29.1 Å². The van der Waals surface area contributed by atoms with E-state index >= 15 is 0 Å². The van der Waals surface area contributed by atoms with Crippen molar-refractivity contribution in [2.45, 2.75) is 39.0 Å². The Balaban J connectivity index is 1.93. The largest absolute Gasteiger partial charge is 0.507 e. The second-order valence-electron chi connectivity index (χ2n) is 7.84. The van der Waals surface area contributed by atoms with Crippen LogP contribution in [0.1, 0.15) is 55.7 Å². The van der Waals surface area contributed by atoms with Crippen LogP contribution in [-0.2, 0) is 0 Å². The van der Waals surface area contributed by atoms with Gasteiger partial charge in [-0.3, -0.25) is 0 Å². The highest BCUT2D eigenvalue weighted by atomic mass is 16.3. The summed E-state index contributed by atoms with van der Waals surface area (Å²) >= 11 is 0. The summed E-state index contributed by atoms with van der Waals surface area (Å²) in [6.07, 6.45) is 6.66. The Morgan fingerprint density at radius 2 is 1.67 bits per heavy atom. The molecule has 3 rings (SSSR count). The molecular formula is C24H28O3. The van der Waals surface area contributed by atoms with Crippen LogP contribution in [0.15, 0.2) is 48.6 Å². The normalized spacial score (nSPS) is 22.8. The van der Waals surface area contributed by atoms with Gasteiger partial charge in [0.2, 0.25) is 0 Å². The molecule has 0 aromatic heterocycles. The van der Waals surface area contributed by atoms with Crippen LogP contribution in [0.5, 0.6) is 17.2 Å². The fourth-order valence-corrected chi connectivity index (χ4v) is 4.22. The number of phenolic OH excluding ortho intramolecular Hbond substituents is 3. The first-order chi connectivity index (χ1) is 12.9. The van der Waals surface area contributed by atoms with Crippen molar-refractivity contribution in [1.29, 1.82) is 0 Å². The van der Waals surface area contributed by atoms with Gasteiger partial charge in [0, 0.05) is 11.1 Å². The van der Waals surface area contributed by atoms with Crippen molar-refractivity contribution in [2.24, 2.45) is 11.8 Å². The quantitative estimate of drug-likeness (QED) is 0.456. The summed E-state index contributed by atoms with van der Waals surface area (Å²) in [6, 6.07) is 10.4. The predicted molar refractivity (Wildman–Crippen MR) is 111 cm³/mol. The second kappa shape index (κ2) is 7.91. The SMILES string of the molecule is C=C(C)[C@H]1CC[C@H](C)C[C@@H]1c1c(O)cc(/C=C/c2ccccc2O)cc1O. The van der Waals surface area contributed by atoms with Gasteiger partial charge in [-0.15, -0.1) is 0 Å². The number of aromatic hydroxyl groups is 3. The maximum Gasteiger partial charge on any atom is 0.123 e. The standard InChI is InChI=1S/C24H28O3/c1-15(2)19-11-8-16(3)12-20(19)24-22(26)13-17(14-23(24)27)9-10-18-6-4-5-7-21(18)25/h4-7,9-10,13-14,16,19-20,25-27H,1,8,11-12H2,2-3H3/b10-9+/t16-,19+,20-/m0/s1. The molecule has 3 N–H and O–H groups in total. The van der Waals surface area contributed by atoms with E-state index in [1.165, 1.54) is 0 Å². The topological polar surface area (TPSA) is 60.7 Å². The Labute approximate surface area is 161 Å². The monoisotopic (exact) mass is 364 g/mol. The number of para-hydroxylation sites is 1. The summed E-state index contributed by atoms with van der Waals surface area (Å²) in [5.41, 5.74) is 3.11. The molecule has 27 heavy (non-hydrogen) atoms. The van der Waals surface area contributed by atoms with Crippen LogP contribution < -0.4 is 0 Å². The molecule has 0 spiro atoms. The molecule has 3 atom stereocenters. The third-order valence-electron chi connectivity index (χ3n) is 5.67. The Hall–Kier alpha value is -2.68. The van der Waals surface area contributed by atoms with Crippen LogP contribution >= 0.6 is 0 Å². The van der Waals surface area contributed by atoms with E-state index in [2.05, 4.69) is 13.5 Å². The molecule has 2 aromatic rings. The van der Waals surface area contributed by atoms with Gasteiger partial charge >= 0.3 is 0 Å². The highest BCUT2D eigenvalue weighted by molar-refractivity contribution is 5.74. The minimum absolute atomic E-state index is 0.0856. The van der Waals surface area contributed by atoms with Gasteiger partial charge in [0.05, 0.1) is 0 Å². The third-order valence-corrected chi connectivity index (χ3v) is 5.67. The summed E-state index contributed by atoms with van der Waals surface area (Å²) in [7, 11) is 0. The molecule has 0 aliphatic heterocycles. The van der Waals surface area contributed by atoms with E-state index in [9.17, 15) is 15.3 Å². The first-order valence-electron chi connectivity index (χ1n) is 9.54. The average Bonchev–Trinajstić information content (AvgIpc) is 2.60. The third kappa shape index (κ3) is 4.19. The van der Waals surface area contributed by atoms with Gasteiger partial charge in [-0.25, -0.2) is 0 Å². The van der Waals surface area contributed by atoms with Gasteiger partial charge in [-0.1, -0.05) is 55.8 Å². The fraction of sp³-hybridized carbons (Fsp3) is 0.333. The first kappa shape index (κ1) is 19.1. The smallest absolute Gasteiger partial charge is 0.123 e. The molecule has 1 aliphatic rings. The summed E-state index contributed by atoms with van der Waals surface area (Å²) in [6.45, 7) is 8.38. The van der Waals surface area contributed by atoms with Crippen molar-refractivity contribution in [3.8, 4) is 17.2 Å². The molecule has 0 bridgehead atoms. The Bertz CT molecular complexity index is 843. The lowest BCUT2D eigenvalue weighted by Crippen LogP contribution is -2.23. The number of allylic oxidation sites excluding steroid dienone is 1. The zero-order chi connectivity index (χ0) is 19.6. The molecule has 1 saturated carbocycles. The van der Waals surface area contributed by atoms with Crippen molar-refractivity contribution in [2.75, 3.05) is 0 Å². The Morgan fingerprint density at radius 1 is 1.00 bits per heavy atom. The summed E-state index contributed by atoms with van der Waals surface area (Å²) in [5, 5.41) is 31.2. The Morgan fingerprint density at radius 3 is 2.30 bits per heavy atom. The summed E-state index contributed by atoms with van der Waals surface area (Å²) < 4.78 is 0. The van der Waals surface area contributed by atoms with Gasteiger partial charge in [-0.2, -0.15) is 0 Å². The minimum atomic E-state index is 0.0856. The number of hydrogen-bond donors (Lipinski definition) is 3. The predicted octanol–water partition coefficient (Wildman–Crippen LogP) is 6.07. The fourth-order valence-electron chi connectivity index (χ4n) is 4.22. The van der Waals surface area contributed by atoms with Crippen LogP contribution in [0.3, 0.4) is 0 Å². The summed E-state index contributed by atoms with van der Waals surface area (Å²) in [5.74, 6) is 1.36. The molecule has 3 heteroatoms. The van der Waals surface area contributed by atoms with E-state index in [0.717, 1.165) is 24.8 Å². The molecule has 0 amide bonds. The molecule has 0 unspecified atom stereocenters. The molecular weight excluding hydrogens is 336 g/mol. The lowest BCUT2D eigenvalue weighted by Gasteiger charge is -2.36. The molecule has 3 nitrogen and oxygen atoms in total. The maximum atomic E-state index is 10.7. The van der Waals surface area contributed by atoms with E-state index < -0.39 is 0 Å². The molecule has 0 radical (unpaired) electrons.